The van der Waals surface area contributed by atoms with Crippen LogP contribution in [0, 0.1) is 5.82 Å². The molecule has 8 heteroatoms. The van der Waals surface area contributed by atoms with Gasteiger partial charge in [-0.05, 0) is 55.3 Å². The van der Waals surface area contributed by atoms with Gasteiger partial charge in [0.05, 0.1) is 12.6 Å². The molecule has 2 aliphatic rings. The van der Waals surface area contributed by atoms with Crippen molar-refractivity contribution in [3.63, 3.8) is 0 Å². The fourth-order valence-corrected chi connectivity index (χ4v) is 3.92. The number of hydrogen-bond donors (Lipinski definition) is 1. The molecular weight excluding hydrogens is 413 g/mol. The van der Waals surface area contributed by atoms with Gasteiger partial charge in [-0.1, -0.05) is 6.07 Å². The predicted octanol–water partition coefficient (Wildman–Crippen LogP) is 2.78. The number of nitrogens with zero attached hydrogens (tertiary/aromatic N) is 2. The Balaban J connectivity index is 1.21. The highest BCUT2D eigenvalue weighted by molar-refractivity contribution is 5.94. The predicted molar refractivity (Wildman–Crippen MR) is 118 cm³/mol. The molecule has 2 aromatic carbocycles. The number of rotatable bonds is 7. The van der Waals surface area contributed by atoms with E-state index in [-0.39, 0.29) is 24.5 Å². The molecule has 2 saturated heterocycles. The van der Waals surface area contributed by atoms with Gasteiger partial charge in [0, 0.05) is 44.0 Å². The zero-order chi connectivity index (χ0) is 22.3. The summed E-state index contributed by atoms with van der Waals surface area (Å²) >= 11 is 0. The minimum absolute atomic E-state index is 0.0282. The highest BCUT2D eigenvalue weighted by atomic mass is 19.1. The van der Waals surface area contributed by atoms with E-state index in [9.17, 15) is 14.0 Å². The molecule has 2 aliphatic heterocycles. The van der Waals surface area contributed by atoms with E-state index in [1.54, 1.807) is 29.2 Å². The van der Waals surface area contributed by atoms with Gasteiger partial charge in [0.1, 0.15) is 18.2 Å². The van der Waals surface area contributed by atoms with Crippen molar-refractivity contribution in [1.82, 2.24) is 9.80 Å². The van der Waals surface area contributed by atoms with Crippen molar-refractivity contribution in [2.45, 2.75) is 18.9 Å². The van der Waals surface area contributed by atoms with Crippen LogP contribution < -0.4 is 10.1 Å². The average Bonchev–Trinajstić information content (AvgIpc) is 3.32. The van der Waals surface area contributed by atoms with Gasteiger partial charge < -0.3 is 19.7 Å². The molecule has 2 heterocycles. The summed E-state index contributed by atoms with van der Waals surface area (Å²) in [5, 5.41) is 2.70. The maximum absolute atomic E-state index is 13.2. The third-order valence-electron chi connectivity index (χ3n) is 5.70. The van der Waals surface area contributed by atoms with E-state index in [2.05, 4.69) is 5.32 Å². The summed E-state index contributed by atoms with van der Waals surface area (Å²) in [6.45, 7) is 3.83. The highest BCUT2D eigenvalue weighted by Gasteiger charge is 2.23. The van der Waals surface area contributed by atoms with Crippen LogP contribution in [0.2, 0.25) is 0 Å². The number of carbonyl (C=O) groups excluding carboxylic acids is 2. The van der Waals surface area contributed by atoms with E-state index in [0.29, 0.717) is 44.0 Å². The first-order valence-electron chi connectivity index (χ1n) is 11.0. The van der Waals surface area contributed by atoms with E-state index in [1.165, 1.54) is 12.1 Å². The molecular formula is C24H28FN3O4. The first-order valence-corrected chi connectivity index (χ1v) is 11.0. The topological polar surface area (TPSA) is 71.1 Å². The lowest BCUT2D eigenvalue weighted by atomic mass is 10.1. The Kier molecular flexibility index (Phi) is 7.34. The fraction of sp³-hybridized carbons (Fsp3) is 0.417. The smallest absolute Gasteiger partial charge is 0.253 e. The van der Waals surface area contributed by atoms with E-state index in [0.717, 1.165) is 25.2 Å². The quantitative estimate of drug-likeness (QED) is 0.716. The number of halogens is 1. The minimum Gasteiger partial charge on any atom is -0.491 e. The van der Waals surface area contributed by atoms with Crippen molar-refractivity contribution >= 4 is 17.5 Å². The van der Waals surface area contributed by atoms with Crippen molar-refractivity contribution in [3.05, 3.63) is 59.9 Å². The van der Waals surface area contributed by atoms with E-state index in [4.69, 9.17) is 9.47 Å². The molecule has 0 unspecified atom stereocenters. The second-order valence-corrected chi connectivity index (χ2v) is 8.10. The molecule has 0 aromatic heterocycles. The van der Waals surface area contributed by atoms with Crippen LogP contribution in [0.4, 0.5) is 10.1 Å². The van der Waals surface area contributed by atoms with Gasteiger partial charge in [0.15, 0.2) is 0 Å². The summed E-state index contributed by atoms with van der Waals surface area (Å²) in [4.78, 5) is 28.8. The van der Waals surface area contributed by atoms with Crippen molar-refractivity contribution in [2.24, 2.45) is 0 Å². The largest absolute Gasteiger partial charge is 0.491 e. The van der Waals surface area contributed by atoms with Crippen LogP contribution in [-0.4, -0.2) is 73.7 Å². The second kappa shape index (κ2) is 10.6. The number of amides is 2. The van der Waals surface area contributed by atoms with Crippen molar-refractivity contribution in [1.29, 1.82) is 0 Å². The number of ether oxygens (including phenoxy) is 2. The first kappa shape index (κ1) is 22.2. The molecule has 0 spiro atoms. The van der Waals surface area contributed by atoms with Crippen LogP contribution in [0.1, 0.15) is 23.2 Å². The molecule has 2 aromatic rings. The molecule has 1 atom stereocenters. The van der Waals surface area contributed by atoms with Crippen LogP contribution in [0.15, 0.2) is 48.5 Å². The summed E-state index contributed by atoms with van der Waals surface area (Å²) in [6, 6.07) is 13.0. The van der Waals surface area contributed by atoms with E-state index in [1.807, 2.05) is 17.0 Å². The summed E-state index contributed by atoms with van der Waals surface area (Å²) in [6.07, 6.45) is 2.25. The Morgan fingerprint density at radius 2 is 1.88 bits per heavy atom. The van der Waals surface area contributed by atoms with Gasteiger partial charge in [-0.15, -0.1) is 0 Å². The lowest BCUT2D eigenvalue weighted by molar-refractivity contribution is -0.117. The zero-order valence-electron chi connectivity index (χ0n) is 18.0. The van der Waals surface area contributed by atoms with Crippen LogP contribution in [0.5, 0.6) is 5.75 Å². The Morgan fingerprint density at radius 1 is 1.09 bits per heavy atom. The number of piperazine rings is 1. The van der Waals surface area contributed by atoms with Crippen molar-refractivity contribution in [3.8, 4) is 5.75 Å². The summed E-state index contributed by atoms with van der Waals surface area (Å²) in [5.41, 5.74) is 1.05. The molecule has 1 N–H and O–H groups in total. The molecule has 0 saturated carbocycles. The maximum Gasteiger partial charge on any atom is 0.253 e. The minimum atomic E-state index is -0.391. The lowest BCUT2D eigenvalue weighted by Gasteiger charge is -2.34. The SMILES string of the molecule is O=C(CN1CCN(C(=O)c2ccc(OC[C@H]3CCCO3)cc2)CC1)Nc1cccc(F)c1. The summed E-state index contributed by atoms with van der Waals surface area (Å²) in [5.74, 6) is 0.108. The fourth-order valence-electron chi connectivity index (χ4n) is 3.92. The molecule has 0 radical (unpaired) electrons. The third-order valence-corrected chi connectivity index (χ3v) is 5.70. The Hall–Kier alpha value is -2.97. The first-order chi connectivity index (χ1) is 15.6. The molecule has 0 bridgehead atoms. The van der Waals surface area contributed by atoms with Crippen LogP contribution in [0.25, 0.3) is 0 Å². The van der Waals surface area contributed by atoms with E-state index < -0.39 is 5.82 Å². The van der Waals surface area contributed by atoms with Crippen LogP contribution >= 0.6 is 0 Å². The summed E-state index contributed by atoms with van der Waals surface area (Å²) in [7, 11) is 0. The molecule has 7 nitrogen and oxygen atoms in total. The van der Waals surface area contributed by atoms with Gasteiger partial charge in [0.2, 0.25) is 5.91 Å². The van der Waals surface area contributed by atoms with Crippen molar-refractivity contribution < 1.29 is 23.5 Å². The summed E-state index contributed by atoms with van der Waals surface area (Å²) < 4.78 is 24.6. The van der Waals surface area contributed by atoms with Crippen molar-refractivity contribution in [2.75, 3.05) is 51.3 Å². The number of carbonyl (C=O) groups is 2. The standard InChI is InChI=1S/C24H28FN3O4/c25-19-3-1-4-20(15-19)26-23(29)16-27-10-12-28(13-11-27)24(30)18-6-8-21(9-7-18)32-17-22-5-2-14-31-22/h1,3-4,6-9,15,22H,2,5,10-14,16-17H2,(H,26,29)/t22-/m1/s1. The van der Waals surface area contributed by atoms with E-state index >= 15 is 0 Å². The van der Waals surface area contributed by atoms with Crippen LogP contribution in [-0.2, 0) is 9.53 Å². The van der Waals surface area contributed by atoms with Gasteiger partial charge in [-0.2, -0.15) is 0 Å². The van der Waals surface area contributed by atoms with Gasteiger partial charge in [-0.25, -0.2) is 4.39 Å². The molecule has 4 rings (SSSR count). The third kappa shape index (κ3) is 6.05. The number of hydrogen-bond acceptors (Lipinski definition) is 5. The number of nitrogens with one attached hydrogen (secondary N) is 1. The van der Waals surface area contributed by atoms with Crippen LogP contribution in [0.3, 0.4) is 0 Å². The normalized spacial score (nSPS) is 19.0. The molecule has 2 amide bonds. The Bertz CT molecular complexity index is 923. The monoisotopic (exact) mass is 441 g/mol. The molecule has 0 aliphatic carbocycles. The second-order valence-electron chi connectivity index (χ2n) is 8.10. The Labute approximate surface area is 187 Å². The van der Waals surface area contributed by atoms with Gasteiger partial charge in [0.25, 0.3) is 5.91 Å². The molecule has 2 fully saturated rings. The molecule has 170 valence electrons. The highest BCUT2D eigenvalue weighted by Crippen LogP contribution is 2.18. The van der Waals surface area contributed by atoms with Gasteiger partial charge in [-0.3, -0.25) is 14.5 Å². The molecule has 32 heavy (non-hydrogen) atoms. The Morgan fingerprint density at radius 3 is 2.56 bits per heavy atom. The zero-order valence-corrected chi connectivity index (χ0v) is 18.0. The number of benzene rings is 2. The number of anilines is 1. The maximum atomic E-state index is 13.2. The van der Waals surface area contributed by atoms with Gasteiger partial charge >= 0.3 is 0 Å². The average molecular weight is 442 g/mol. The lowest BCUT2D eigenvalue weighted by Crippen LogP contribution is -2.50.